The summed E-state index contributed by atoms with van der Waals surface area (Å²) in [7, 11) is 0. The van der Waals surface area contributed by atoms with Crippen LogP contribution >= 0.6 is 11.6 Å². The normalized spacial score (nSPS) is 19.1. The minimum absolute atomic E-state index is 0.130. The lowest BCUT2D eigenvalue weighted by Gasteiger charge is -2.31. The van der Waals surface area contributed by atoms with Crippen molar-refractivity contribution in [1.82, 2.24) is 10.2 Å². The van der Waals surface area contributed by atoms with Crippen molar-refractivity contribution in [3.63, 3.8) is 0 Å². The standard InChI is InChI=1S/C21H19ClN2O3/c1-13-5-10-18(20(25)23-13)24-11-17-16(21(24)26)3-2-4-19(17)27-12-14-6-8-15(22)9-7-14/h2-4,6-9,18H,1,5,10-12H2,(H,23,25). The number of hydrogen-bond acceptors (Lipinski definition) is 3. The number of piperidine rings is 1. The van der Waals surface area contributed by atoms with Crippen molar-refractivity contribution in [1.29, 1.82) is 0 Å². The Bertz CT molecular complexity index is 924. The van der Waals surface area contributed by atoms with E-state index >= 15 is 0 Å². The number of carbonyl (C=O) groups excluding carboxylic acids is 2. The molecule has 1 N–H and O–H groups in total. The second-order valence-electron chi connectivity index (χ2n) is 6.78. The van der Waals surface area contributed by atoms with Crippen molar-refractivity contribution in [2.24, 2.45) is 0 Å². The monoisotopic (exact) mass is 382 g/mol. The molecule has 1 fully saturated rings. The van der Waals surface area contributed by atoms with Gasteiger partial charge in [-0.3, -0.25) is 9.59 Å². The molecule has 2 aromatic rings. The number of carbonyl (C=O) groups is 2. The molecule has 0 spiro atoms. The van der Waals surface area contributed by atoms with Gasteiger partial charge in [-0.25, -0.2) is 0 Å². The van der Waals surface area contributed by atoms with Crippen molar-refractivity contribution in [3.8, 4) is 5.75 Å². The van der Waals surface area contributed by atoms with Crippen LogP contribution in [0.5, 0.6) is 5.75 Å². The number of allylic oxidation sites excluding steroid dienone is 1. The average molecular weight is 383 g/mol. The largest absolute Gasteiger partial charge is 0.489 e. The van der Waals surface area contributed by atoms with Gasteiger partial charge in [0.05, 0.1) is 6.54 Å². The molecule has 1 atom stereocenters. The van der Waals surface area contributed by atoms with Gasteiger partial charge in [-0.05, 0) is 42.7 Å². The molecule has 1 saturated heterocycles. The second-order valence-corrected chi connectivity index (χ2v) is 7.21. The number of nitrogens with zero attached hydrogens (tertiary/aromatic N) is 1. The van der Waals surface area contributed by atoms with Gasteiger partial charge in [0.15, 0.2) is 0 Å². The van der Waals surface area contributed by atoms with Gasteiger partial charge < -0.3 is 15.0 Å². The fraction of sp³-hybridized carbons (Fsp3) is 0.238. The SMILES string of the molecule is C=C1CCC(N2Cc3c(OCc4ccc(Cl)cc4)cccc3C2=O)C(=O)N1. The summed E-state index contributed by atoms with van der Waals surface area (Å²) in [4.78, 5) is 26.8. The molecule has 27 heavy (non-hydrogen) atoms. The van der Waals surface area contributed by atoms with Crippen molar-refractivity contribution in [2.75, 3.05) is 0 Å². The van der Waals surface area contributed by atoms with Gasteiger partial charge in [-0.1, -0.05) is 36.4 Å². The lowest BCUT2D eigenvalue weighted by atomic mass is 10.0. The number of fused-ring (bicyclic) bond motifs is 1. The first-order chi connectivity index (χ1) is 13.0. The Balaban J connectivity index is 1.53. The van der Waals surface area contributed by atoms with Crippen molar-refractivity contribution >= 4 is 23.4 Å². The molecule has 2 aliphatic heterocycles. The maximum atomic E-state index is 12.8. The topological polar surface area (TPSA) is 58.6 Å². The highest BCUT2D eigenvalue weighted by molar-refractivity contribution is 6.30. The molecule has 0 radical (unpaired) electrons. The van der Waals surface area contributed by atoms with Gasteiger partial charge in [0.1, 0.15) is 18.4 Å². The lowest BCUT2D eigenvalue weighted by Crippen LogP contribution is -2.49. The van der Waals surface area contributed by atoms with Crippen LogP contribution in [0.2, 0.25) is 5.02 Å². The van der Waals surface area contributed by atoms with E-state index in [1.807, 2.05) is 30.3 Å². The molecule has 2 aliphatic rings. The third-order valence-corrected chi connectivity index (χ3v) is 5.21. The molecule has 0 saturated carbocycles. The molecule has 5 nitrogen and oxygen atoms in total. The molecule has 2 amide bonds. The third kappa shape index (κ3) is 3.43. The van der Waals surface area contributed by atoms with Crippen LogP contribution < -0.4 is 10.1 Å². The molecular weight excluding hydrogens is 364 g/mol. The zero-order valence-corrected chi connectivity index (χ0v) is 15.5. The summed E-state index contributed by atoms with van der Waals surface area (Å²) >= 11 is 5.91. The van der Waals surface area contributed by atoms with Crippen LogP contribution in [-0.2, 0) is 17.9 Å². The molecule has 2 aromatic carbocycles. The van der Waals surface area contributed by atoms with Gasteiger partial charge >= 0.3 is 0 Å². The van der Waals surface area contributed by atoms with Crippen LogP contribution in [0, 0.1) is 0 Å². The summed E-state index contributed by atoms with van der Waals surface area (Å²) in [6.07, 6.45) is 1.27. The Kier molecular flexibility index (Phi) is 4.62. The number of ether oxygens (including phenoxy) is 1. The Labute approximate surface area is 162 Å². The van der Waals surface area contributed by atoms with E-state index in [1.165, 1.54) is 0 Å². The predicted molar refractivity (Wildman–Crippen MR) is 102 cm³/mol. The highest BCUT2D eigenvalue weighted by atomic mass is 35.5. The molecule has 2 heterocycles. The van der Waals surface area contributed by atoms with Crippen LogP contribution in [0.25, 0.3) is 0 Å². The highest BCUT2D eigenvalue weighted by Gasteiger charge is 2.39. The minimum atomic E-state index is -0.473. The van der Waals surface area contributed by atoms with Crippen molar-refractivity contribution in [2.45, 2.75) is 32.0 Å². The fourth-order valence-electron chi connectivity index (χ4n) is 3.51. The summed E-state index contributed by atoms with van der Waals surface area (Å²) in [6.45, 7) is 4.54. The molecular formula is C21H19ClN2O3. The van der Waals surface area contributed by atoms with E-state index in [-0.39, 0.29) is 11.8 Å². The lowest BCUT2D eigenvalue weighted by molar-refractivity contribution is -0.126. The minimum Gasteiger partial charge on any atom is -0.489 e. The number of hydrogen-bond donors (Lipinski definition) is 1. The molecule has 0 aromatic heterocycles. The Morgan fingerprint density at radius 3 is 2.70 bits per heavy atom. The molecule has 4 rings (SSSR count). The zero-order chi connectivity index (χ0) is 19.0. The van der Waals surface area contributed by atoms with Crippen LogP contribution in [0.3, 0.4) is 0 Å². The van der Waals surface area contributed by atoms with E-state index in [2.05, 4.69) is 11.9 Å². The van der Waals surface area contributed by atoms with Crippen LogP contribution in [0.4, 0.5) is 0 Å². The average Bonchev–Trinajstić information content (AvgIpc) is 2.99. The van der Waals surface area contributed by atoms with E-state index in [4.69, 9.17) is 16.3 Å². The van der Waals surface area contributed by atoms with Gasteiger partial charge in [0.2, 0.25) is 5.91 Å². The molecule has 1 unspecified atom stereocenters. The smallest absolute Gasteiger partial charge is 0.255 e. The van der Waals surface area contributed by atoms with Gasteiger partial charge in [0, 0.05) is 21.8 Å². The number of benzene rings is 2. The maximum Gasteiger partial charge on any atom is 0.255 e. The van der Waals surface area contributed by atoms with Crippen LogP contribution in [0.15, 0.2) is 54.7 Å². The first-order valence-corrected chi connectivity index (χ1v) is 9.19. The third-order valence-electron chi connectivity index (χ3n) is 4.96. The zero-order valence-electron chi connectivity index (χ0n) is 14.7. The molecule has 6 heteroatoms. The molecule has 0 bridgehead atoms. The van der Waals surface area contributed by atoms with Crippen LogP contribution in [0.1, 0.15) is 34.3 Å². The first kappa shape index (κ1) is 17.6. The Hall–Kier alpha value is -2.79. The highest BCUT2D eigenvalue weighted by Crippen LogP contribution is 2.34. The summed E-state index contributed by atoms with van der Waals surface area (Å²) in [6, 6.07) is 12.4. The van der Waals surface area contributed by atoms with Crippen molar-refractivity contribution in [3.05, 3.63) is 76.5 Å². The number of amides is 2. The predicted octanol–water partition coefficient (Wildman–Crippen LogP) is 3.67. The van der Waals surface area contributed by atoms with Gasteiger partial charge in [-0.15, -0.1) is 0 Å². The Morgan fingerprint density at radius 1 is 1.19 bits per heavy atom. The second kappa shape index (κ2) is 7.08. The fourth-order valence-corrected chi connectivity index (χ4v) is 3.64. The summed E-state index contributed by atoms with van der Waals surface area (Å²) in [5.74, 6) is 0.365. The maximum absolute atomic E-state index is 12.8. The van der Waals surface area contributed by atoms with Gasteiger partial charge in [-0.2, -0.15) is 0 Å². The van der Waals surface area contributed by atoms with E-state index in [0.717, 1.165) is 11.1 Å². The number of rotatable bonds is 4. The van der Waals surface area contributed by atoms with Gasteiger partial charge in [0.25, 0.3) is 5.91 Å². The summed E-state index contributed by atoms with van der Waals surface area (Å²) in [5.41, 5.74) is 3.12. The van der Waals surface area contributed by atoms with Crippen LogP contribution in [-0.4, -0.2) is 22.8 Å². The summed E-state index contributed by atoms with van der Waals surface area (Å²) in [5, 5.41) is 3.43. The summed E-state index contributed by atoms with van der Waals surface area (Å²) < 4.78 is 5.97. The number of nitrogens with one attached hydrogen (secondary N) is 1. The Morgan fingerprint density at radius 2 is 1.96 bits per heavy atom. The first-order valence-electron chi connectivity index (χ1n) is 8.81. The van der Waals surface area contributed by atoms with E-state index in [9.17, 15) is 9.59 Å². The van der Waals surface area contributed by atoms with E-state index in [0.29, 0.717) is 48.0 Å². The van der Waals surface area contributed by atoms with Crippen molar-refractivity contribution < 1.29 is 14.3 Å². The molecule has 0 aliphatic carbocycles. The number of halogens is 1. The van der Waals surface area contributed by atoms with E-state index < -0.39 is 6.04 Å². The van der Waals surface area contributed by atoms with E-state index in [1.54, 1.807) is 17.0 Å². The quantitative estimate of drug-likeness (QED) is 0.877. The molecule has 138 valence electrons.